The van der Waals surface area contributed by atoms with Crippen molar-refractivity contribution in [2.24, 2.45) is 34.5 Å². The molecule has 222 valence electrons. The average molecular weight is 565 g/mol. The molecule has 0 spiro atoms. The van der Waals surface area contributed by atoms with Gasteiger partial charge in [-0.2, -0.15) is 0 Å². The third-order valence-corrected chi connectivity index (χ3v) is 11.8. The average Bonchev–Trinajstić information content (AvgIpc) is 3.52. The van der Waals surface area contributed by atoms with Gasteiger partial charge in [-0.25, -0.2) is 9.59 Å². The van der Waals surface area contributed by atoms with Gasteiger partial charge in [0.2, 0.25) is 5.60 Å². The standard InChI is InChI=1S/C29H40O11/c1-14-10-28(36,24(34)35)25(39-14)40-21-8-16-3-4-18-17(27(16,13-30)11-20(21)31)5-6-26(2)19(9-22(32)29(18,26)37)15-7-23(33)38-12-15/h7,13-14,16-22,25,31-32,36-37H,3-6,8-12H2,1-2H3,(H,34,35). The highest BCUT2D eigenvalue weighted by atomic mass is 16.7. The maximum Gasteiger partial charge on any atom is 0.341 e. The van der Waals surface area contributed by atoms with Crippen LogP contribution >= 0.6 is 0 Å². The first-order chi connectivity index (χ1) is 18.8. The molecule has 6 aliphatic rings. The molecule has 0 aromatic heterocycles. The van der Waals surface area contributed by atoms with Crippen molar-refractivity contribution in [1.82, 2.24) is 0 Å². The number of carboxylic acids is 1. The number of carbonyl (C=O) groups excluding carboxylic acids is 2. The Bertz CT molecular complexity index is 1120. The fourth-order valence-electron chi connectivity index (χ4n) is 9.86. The summed E-state index contributed by atoms with van der Waals surface area (Å²) >= 11 is 0. The van der Waals surface area contributed by atoms with Gasteiger partial charge in [0.1, 0.15) is 12.9 Å². The van der Waals surface area contributed by atoms with Crippen LogP contribution < -0.4 is 0 Å². The molecule has 0 aromatic rings. The van der Waals surface area contributed by atoms with Crippen molar-refractivity contribution in [1.29, 1.82) is 0 Å². The van der Waals surface area contributed by atoms with E-state index in [0.717, 1.165) is 11.9 Å². The fourth-order valence-corrected chi connectivity index (χ4v) is 9.86. The number of carboxylic acid groups (broad SMARTS) is 1. The van der Waals surface area contributed by atoms with Gasteiger partial charge >= 0.3 is 11.9 Å². The van der Waals surface area contributed by atoms with Crippen LogP contribution in [0.5, 0.6) is 0 Å². The molecule has 13 atom stereocenters. The highest BCUT2D eigenvalue weighted by molar-refractivity contribution is 5.85. The lowest BCUT2D eigenvalue weighted by atomic mass is 9.42. The lowest BCUT2D eigenvalue weighted by molar-refractivity contribution is -0.266. The van der Waals surface area contributed by atoms with Gasteiger partial charge in [-0.15, -0.1) is 0 Å². The van der Waals surface area contributed by atoms with Crippen LogP contribution in [0.15, 0.2) is 11.6 Å². The largest absolute Gasteiger partial charge is 0.479 e. The number of rotatable bonds is 5. The quantitative estimate of drug-likeness (QED) is 0.234. The minimum absolute atomic E-state index is 0.0700. The maximum absolute atomic E-state index is 13.0. The van der Waals surface area contributed by atoms with Gasteiger partial charge in [-0.1, -0.05) is 6.92 Å². The Morgan fingerprint density at radius 2 is 1.88 bits per heavy atom. The molecule has 2 heterocycles. The number of esters is 1. The number of aliphatic hydroxyl groups excluding tert-OH is 2. The van der Waals surface area contributed by atoms with E-state index < -0.39 is 64.7 Å². The minimum Gasteiger partial charge on any atom is -0.479 e. The number of ether oxygens (including phenoxy) is 3. The number of carbonyl (C=O) groups is 3. The van der Waals surface area contributed by atoms with Crippen LogP contribution in [-0.2, 0) is 28.6 Å². The van der Waals surface area contributed by atoms with E-state index in [0.29, 0.717) is 32.1 Å². The van der Waals surface area contributed by atoms with E-state index in [1.807, 2.05) is 6.92 Å². The predicted molar refractivity (Wildman–Crippen MR) is 135 cm³/mol. The monoisotopic (exact) mass is 564 g/mol. The number of aliphatic hydroxyl groups is 4. The third-order valence-electron chi connectivity index (χ3n) is 11.8. The van der Waals surface area contributed by atoms with Crippen LogP contribution in [0.1, 0.15) is 65.2 Å². The Hall–Kier alpha value is -1.89. The molecular formula is C29H40O11. The Kier molecular flexibility index (Phi) is 6.57. The van der Waals surface area contributed by atoms with E-state index >= 15 is 0 Å². The summed E-state index contributed by atoms with van der Waals surface area (Å²) in [6.07, 6.45) is 0.213. The molecule has 11 heteroatoms. The van der Waals surface area contributed by atoms with Crippen molar-refractivity contribution >= 4 is 18.2 Å². The van der Waals surface area contributed by atoms with Crippen LogP contribution in [0.4, 0.5) is 0 Å². The SMILES string of the molecule is CC1CC(O)(C(=O)O)C(OC2CC3CCC4C(CCC5(C)C(C6=CC(=O)OC6)CC(O)C45O)C3(C=O)CC2O)O1. The zero-order valence-electron chi connectivity index (χ0n) is 22.9. The zero-order valence-corrected chi connectivity index (χ0v) is 22.9. The van der Waals surface area contributed by atoms with Crippen LogP contribution in [-0.4, -0.2) is 92.3 Å². The van der Waals surface area contributed by atoms with E-state index in [-0.39, 0.29) is 49.5 Å². The molecule has 0 bridgehead atoms. The van der Waals surface area contributed by atoms with Gasteiger partial charge in [0.05, 0.1) is 30.0 Å². The molecule has 4 saturated carbocycles. The smallest absolute Gasteiger partial charge is 0.341 e. The number of cyclic esters (lactones) is 1. The second-order valence-electron chi connectivity index (χ2n) is 13.5. The summed E-state index contributed by atoms with van der Waals surface area (Å²) in [7, 11) is 0. The van der Waals surface area contributed by atoms with Gasteiger partial charge in [0.25, 0.3) is 0 Å². The normalized spacial score (nSPS) is 53.7. The van der Waals surface area contributed by atoms with Gasteiger partial charge in [-0.05, 0) is 81.1 Å². The number of fused-ring (bicyclic) bond motifs is 5. The second kappa shape index (κ2) is 9.31. The van der Waals surface area contributed by atoms with Crippen molar-refractivity contribution in [3.8, 4) is 0 Å². The number of aliphatic carboxylic acids is 1. The highest BCUT2D eigenvalue weighted by Gasteiger charge is 2.72. The summed E-state index contributed by atoms with van der Waals surface area (Å²) in [6.45, 7) is 3.77. The lowest BCUT2D eigenvalue weighted by Crippen LogP contribution is -2.67. The molecular weight excluding hydrogens is 524 g/mol. The minimum atomic E-state index is -2.23. The number of hydrogen-bond donors (Lipinski definition) is 5. The Balaban J connectivity index is 1.26. The molecule has 0 aromatic carbocycles. The lowest BCUT2D eigenvalue weighted by Gasteiger charge is -2.63. The first-order valence-corrected chi connectivity index (χ1v) is 14.5. The fraction of sp³-hybridized carbons (Fsp3) is 0.828. The van der Waals surface area contributed by atoms with E-state index in [1.165, 1.54) is 6.08 Å². The topological polar surface area (TPSA) is 180 Å². The Morgan fingerprint density at radius 3 is 2.52 bits per heavy atom. The summed E-state index contributed by atoms with van der Waals surface area (Å²) in [6, 6.07) is 0. The molecule has 13 unspecified atom stereocenters. The first kappa shape index (κ1) is 28.2. The van der Waals surface area contributed by atoms with Gasteiger partial charge in [-0.3, -0.25) is 0 Å². The van der Waals surface area contributed by atoms with Crippen LogP contribution in [0, 0.1) is 34.5 Å². The van der Waals surface area contributed by atoms with Crippen LogP contribution in [0.25, 0.3) is 0 Å². The predicted octanol–water partition coefficient (Wildman–Crippen LogP) is 0.700. The van der Waals surface area contributed by atoms with Gasteiger partial charge in [0.15, 0.2) is 6.29 Å². The first-order valence-electron chi connectivity index (χ1n) is 14.5. The van der Waals surface area contributed by atoms with Gasteiger partial charge in [0, 0.05) is 23.3 Å². The summed E-state index contributed by atoms with van der Waals surface area (Å²) in [4.78, 5) is 36.6. The molecule has 1 saturated heterocycles. The summed E-state index contributed by atoms with van der Waals surface area (Å²) in [5.74, 6) is -2.94. The molecule has 6 rings (SSSR count). The van der Waals surface area contributed by atoms with Gasteiger partial charge < -0.3 is 44.5 Å². The second-order valence-corrected chi connectivity index (χ2v) is 13.5. The van der Waals surface area contributed by atoms with E-state index in [9.17, 15) is 39.9 Å². The third kappa shape index (κ3) is 3.67. The Labute approximate surface area is 232 Å². The molecule has 2 aliphatic heterocycles. The van der Waals surface area contributed by atoms with Crippen molar-refractivity contribution in [2.45, 2.75) is 107 Å². The number of aldehydes is 1. The molecule has 0 radical (unpaired) electrons. The summed E-state index contributed by atoms with van der Waals surface area (Å²) in [5.41, 5.74) is -4.57. The van der Waals surface area contributed by atoms with Crippen molar-refractivity contribution < 1.29 is 54.1 Å². The van der Waals surface area contributed by atoms with Crippen molar-refractivity contribution in [3.63, 3.8) is 0 Å². The van der Waals surface area contributed by atoms with E-state index in [4.69, 9.17) is 14.2 Å². The molecule has 5 fully saturated rings. The number of hydrogen-bond acceptors (Lipinski definition) is 10. The molecule has 40 heavy (non-hydrogen) atoms. The van der Waals surface area contributed by atoms with Crippen LogP contribution in [0.2, 0.25) is 0 Å². The van der Waals surface area contributed by atoms with Crippen LogP contribution in [0.3, 0.4) is 0 Å². The molecule has 5 N–H and O–H groups in total. The maximum atomic E-state index is 13.0. The van der Waals surface area contributed by atoms with Crippen molar-refractivity contribution in [3.05, 3.63) is 11.6 Å². The molecule has 11 nitrogen and oxygen atoms in total. The van der Waals surface area contributed by atoms with Crippen molar-refractivity contribution in [2.75, 3.05) is 6.61 Å². The van der Waals surface area contributed by atoms with E-state index in [2.05, 4.69) is 0 Å². The molecule has 0 amide bonds. The summed E-state index contributed by atoms with van der Waals surface area (Å²) in [5, 5.41) is 55.3. The highest BCUT2D eigenvalue weighted by Crippen LogP contribution is 2.69. The Morgan fingerprint density at radius 1 is 1.12 bits per heavy atom. The van der Waals surface area contributed by atoms with E-state index in [1.54, 1.807) is 6.92 Å². The molecule has 4 aliphatic carbocycles. The zero-order chi connectivity index (χ0) is 28.8. The summed E-state index contributed by atoms with van der Waals surface area (Å²) < 4.78 is 16.7.